The number of carbonyl (C=O) groups excluding carboxylic acids is 1. The number of rotatable bonds is 3. The van der Waals surface area contributed by atoms with Crippen LogP contribution in [0.1, 0.15) is 6.42 Å². The van der Waals surface area contributed by atoms with Gasteiger partial charge < -0.3 is 10.2 Å². The number of hydrogen-bond donors (Lipinski definition) is 1. The quantitative estimate of drug-likeness (QED) is 0.820. The second-order valence-corrected chi connectivity index (χ2v) is 4.57. The molecule has 1 amide bonds. The van der Waals surface area contributed by atoms with E-state index in [1.54, 1.807) is 4.90 Å². The minimum absolute atomic E-state index is 0.0587. The lowest BCUT2D eigenvalue weighted by Gasteiger charge is -2.27. The minimum atomic E-state index is -0.382. The zero-order chi connectivity index (χ0) is 13.0. The molecule has 1 aromatic rings. The number of carbonyl (C=O) groups is 1. The molecule has 6 nitrogen and oxygen atoms in total. The molecule has 1 aliphatic rings. The first-order valence-corrected chi connectivity index (χ1v) is 6.25. The van der Waals surface area contributed by atoms with E-state index in [-0.39, 0.29) is 11.6 Å². The van der Waals surface area contributed by atoms with E-state index in [1.165, 1.54) is 17.0 Å². The second kappa shape index (κ2) is 5.97. The summed E-state index contributed by atoms with van der Waals surface area (Å²) in [7, 11) is 0. The number of aryl methyl sites for hydroxylation is 1. The molecule has 1 aromatic heterocycles. The Balaban J connectivity index is 1.92. The highest BCUT2D eigenvalue weighted by atomic mass is 35.5. The molecule has 1 saturated heterocycles. The molecule has 0 radical (unpaired) electrons. The zero-order valence-corrected chi connectivity index (χ0v) is 10.7. The molecule has 1 aliphatic heterocycles. The first-order chi connectivity index (χ1) is 8.66. The Morgan fingerprint density at radius 2 is 2.17 bits per heavy atom. The first kappa shape index (κ1) is 13.0. The Bertz CT molecular complexity index is 482. The summed E-state index contributed by atoms with van der Waals surface area (Å²) in [6.45, 7) is 3.41. The molecule has 0 atom stereocenters. The van der Waals surface area contributed by atoms with E-state index in [1.807, 2.05) is 0 Å². The summed E-state index contributed by atoms with van der Waals surface area (Å²) < 4.78 is 1.36. The van der Waals surface area contributed by atoms with E-state index in [0.717, 1.165) is 26.2 Å². The van der Waals surface area contributed by atoms with Crippen molar-refractivity contribution in [2.45, 2.75) is 13.0 Å². The van der Waals surface area contributed by atoms with Gasteiger partial charge in [0.05, 0.1) is 11.2 Å². The number of piperazine rings is 1. The van der Waals surface area contributed by atoms with E-state index in [4.69, 9.17) is 11.6 Å². The second-order valence-electron chi connectivity index (χ2n) is 4.13. The summed E-state index contributed by atoms with van der Waals surface area (Å²) in [5.74, 6) is 0.0587. The summed E-state index contributed by atoms with van der Waals surface area (Å²) in [6, 6.07) is 0. The Labute approximate surface area is 110 Å². The fourth-order valence-electron chi connectivity index (χ4n) is 1.88. The third kappa shape index (κ3) is 3.30. The zero-order valence-electron chi connectivity index (χ0n) is 9.93. The molecule has 98 valence electrons. The van der Waals surface area contributed by atoms with E-state index < -0.39 is 0 Å². The van der Waals surface area contributed by atoms with Crippen LogP contribution in [0.4, 0.5) is 0 Å². The van der Waals surface area contributed by atoms with Gasteiger partial charge in [-0.1, -0.05) is 11.6 Å². The van der Waals surface area contributed by atoms with Crippen LogP contribution in [0.2, 0.25) is 5.02 Å². The molecule has 18 heavy (non-hydrogen) atoms. The predicted molar refractivity (Wildman–Crippen MR) is 67.6 cm³/mol. The molecule has 7 heteroatoms. The predicted octanol–water partition coefficient (Wildman–Crippen LogP) is -0.281. The van der Waals surface area contributed by atoms with Crippen LogP contribution in [-0.4, -0.2) is 46.5 Å². The lowest BCUT2D eigenvalue weighted by Crippen LogP contribution is -2.46. The maximum absolute atomic E-state index is 11.9. The standard InChI is InChI=1S/C11H15ClN4O2/c12-9-7-14-11(18)16(8-9)4-1-10(17)15-5-2-13-3-6-15/h7-8,13H,1-6H2. The highest BCUT2D eigenvalue weighted by Crippen LogP contribution is 2.03. The Morgan fingerprint density at radius 3 is 2.89 bits per heavy atom. The van der Waals surface area contributed by atoms with Gasteiger partial charge in [0.1, 0.15) is 0 Å². The topological polar surface area (TPSA) is 67.2 Å². The van der Waals surface area contributed by atoms with Crippen molar-refractivity contribution < 1.29 is 4.79 Å². The van der Waals surface area contributed by atoms with Gasteiger partial charge in [-0.05, 0) is 0 Å². The summed E-state index contributed by atoms with van der Waals surface area (Å²) in [5.41, 5.74) is -0.382. The van der Waals surface area contributed by atoms with Crippen molar-refractivity contribution in [3.63, 3.8) is 0 Å². The Hall–Kier alpha value is -1.40. The maximum Gasteiger partial charge on any atom is 0.347 e. The van der Waals surface area contributed by atoms with Crippen molar-refractivity contribution in [2.75, 3.05) is 26.2 Å². The van der Waals surface area contributed by atoms with Gasteiger partial charge >= 0.3 is 5.69 Å². The Morgan fingerprint density at radius 1 is 1.44 bits per heavy atom. The van der Waals surface area contributed by atoms with Gasteiger partial charge in [-0.15, -0.1) is 0 Å². The monoisotopic (exact) mass is 270 g/mol. The lowest BCUT2D eigenvalue weighted by molar-refractivity contribution is -0.132. The molecule has 0 bridgehead atoms. The number of hydrogen-bond acceptors (Lipinski definition) is 4. The molecular formula is C11H15ClN4O2. The normalized spacial score (nSPS) is 15.7. The molecule has 0 saturated carbocycles. The molecule has 0 aliphatic carbocycles. The van der Waals surface area contributed by atoms with Crippen LogP contribution >= 0.6 is 11.6 Å². The first-order valence-electron chi connectivity index (χ1n) is 5.87. The largest absolute Gasteiger partial charge is 0.347 e. The van der Waals surface area contributed by atoms with Crippen molar-refractivity contribution in [3.05, 3.63) is 27.9 Å². The van der Waals surface area contributed by atoms with Crippen LogP contribution in [-0.2, 0) is 11.3 Å². The maximum atomic E-state index is 11.9. The van der Waals surface area contributed by atoms with Crippen LogP contribution in [0, 0.1) is 0 Å². The molecule has 1 fully saturated rings. The highest BCUT2D eigenvalue weighted by molar-refractivity contribution is 6.30. The van der Waals surface area contributed by atoms with Crippen molar-refractivity contribution in [1.29, 1.82) is 0 Å². The van der Waals surface area contributed by atoms with Crippen molar-refractivity contribution in [1.82, 2.24) is 19.8 Å². The van der Waals surface area contributed by atoms with Gasteiger partial charge in [0, 0.05) is 45.3 Å². The van der Waals surface area contributed by atoms with Gasteiger partial charge in [-0.3, -0.25) is 9.36 Å². The number of nitrogens with zero attached hydrogens (tertiary/aromatic N) is 3. The molecule has 0 unspecified atom stereocenters. The molecule has 1 N–H and O–H groups in total. The summed E-state index contributed by atoms with van der Waals surface area (Å²) >= 11 is 5.75. The van der Waals surface area contributed by atoms with Gasteiger partial charge in [-0.2, -0.15) is 0 Å². The third-order valence-corrected chi connectivity index (χ3v) is 3.05. The summed E-state index contributed by atoms with van der Waals surface area (Å²) in [6.07, 6.45) is 3.10. The molecule has 2 heterocycles. The van der Waals surface area contributed by atoms with E-state index >= 15 is 0 Å². The molecule has 0 spiro atoms. The van der Waals surface area contributed by atoms with Crippen LogP contribution in [0.15, 0.2) is 17.2 Å². The van der Waals surface area contributed by atoms with Gasteiger partial charge in [0.25, 0.3) is 0 Å². The molecular weight excluding hydrogens is 256 g/mol. The summed E-state index contributed by atoms with van der Waals surface area (Å²) in [4.78, 5) is 28.7. The van der Waals surface area contributed by atoms with Crippen LogP contribution in [0.25, 0.3) is 0 Å². The average Bonchev–Trinajstić information content (AvgIpc) is 2.40. The highest BCUT2D eigenvalue weighted by Gasteiger charge is 2.15. The smallest absolute Gasteiger partial charge is 0.340 e. The number of nitrogens with one attached hydrogen (secondary N) is 1. The molecule has 0 aromatic carbocycles. The van der Waals surface area contributed by atoms with Crippen LogP contribution in [0.3, 0.4) is 0 Å². The molecule has 2 rings (SSSR count). The average molecular weight is 271 g/mol. The van der Waals surface area contributed by atoms with E-state index in [2.05, 4.69) is 10.3 Å². The number of aromatic nitrogens is 2. The van der Waals surface area contributed by atoms with Gasteiger partial charge in [0.15, 0.2) is 0 Å². The van der Waals surface area contributed by atoms with Crippen molar-refractivity contribution in [3.8, 4) is 0 Å². The van der Waals surface area contributed by atoms with Crippen LogP contribution < -0.4 is 11.0 Å². The Kier molecular flexibility index (Phi) is 4.33. The SMILES string of the molecule is O=C(CCn1cc(Cl)cnc1=O)N1CCNCC1. The lowest BCUT2D eigenvalue weighted by atomic mass is 10.3. The number of amides is 1. The van der Waals surface area contributed by atoms with E-state index in [0.29, 0.717) is 18.0 Å². The number of halogens is 1. The minimum Gasteiger partial charge on any atom is -0.340 e. The fourth-order valence-corrected chi connectivity index (χ4v) is 2.04. The van der Waals surface area contributed by atoms with Gasteiger partial charge in [-0.25, -0.2) is 9.78 Å². The van der Waals surface area contributed by atoms with Crippen LogP contribution in [0.5, 0.6) is 0 Å². The summed E-state index contributed by atoms with van der Waals surface area (Å²) in [5, 5.41) is 3.58. The van der Waals surface area contributed by atoms with Gasteiger partial charge in [0.2, 0.25) is 5.91 Å². The third-order valence-electron chi connectivity index (χ3n) is 2.86. The fraction of sp³-hybridized carbons (Fsp3) is 0.545. The van der Waals surface area contributed by atoms with E-state index in [9.17, 15) is 9.59 Å². The van der Waals surface area contributed by atoms with Crippen molar-refractivity contribution >= 4 is 17.5 Å². The van der Waals surface area contributed by atoms with Crippen molar-refractivity contribution in [2.24, 2.45) is 0 Å².